The minimum absolute atomic E-state index is 0. The zero-order valence-corrected chi connectivity index (χ0v) is 23.3. The van der Waals surface area contributed by atoms with Crippen LogP contribution in [-0.2, 0) is 12.8 Å². The Bertz CT molecular complexity index is 885. The minimum atomic E-state index is 0. The van der Waals surface area contributed by atoms with Crippen LogP contribution in [0.2, 0.25) is 0 Å². The predicted molar refractivity (Wildman–Crippen MR) is 152 cm³/mol. The van der Waals surface area contributed by atoms with Crippen molar-refractivity contribution in [2.75, 3.05) is 39.9 Å². The monoisotopic (exact) mass is 542 g/mol. The number of benzene rings is 2. The van der Waals surface area contributed by atoms with Crippen molar-refractivity contribution in [1.82, 2.24) is 10.2 Å². The normalized spacial score (nSPS) is 14.5. The molecule has 2 aromatic rings. The molecule has 6 nitrogen and oxygen atoms in total. The smallest absolute Gasteiger partial charge is 0.161 e. The van der Waals surface area contributed by atoms with Gasteiger partial charge >= 0.3 is 0 Å². The molecule has 1 aliphatic carbocycles. The molecule has 0 amide bonds. The van der Waals surface area contributed by atoms with Crippen LogP contribution in [0, 0.1) is 0 Å². The van der Waals surface area contributed by atoms with Crippen LogP contribution in [-0.4, -0.2) is 61.1 Å². The number of aryl methyl sites for hydroxylation is 1. The third kappa shape index (κ3) is 9.89. The average molecular weight is 544 g/mol. The zero-order valence-electron chi connectivity index (χ0n) is 21.7. The van der Waals surface area contributed by atoms with Gasteiger partial charge in [-0.15, -0.1) is 24.8 Å². The molecule has 0 heterocycles. The van der Waals surface area contributed by atoms with E-state index >= 15 is 0 Å². The van der Waals surface area contributed by atoms with Crippen molar-refractivity contribution in [3.63, 3.8) is 0 Å². The van der Waals surface area contributed by atoms with Crippen molar-refractivity contribution >= 4 is 24.8 Å². The molecule has 36 heavy (non-hydrogen) atoms. The molecule has 0 aliphatic heterocycles. The number of ether oxygens (including phenoxy) is 2. The van der Waals surface area contributed by atoms with Crippen LogP contribution in [0.25, 0.3) is 0 Å². The molecule has 1 aliphatic rings. The summed E-state index contributed by atoms with van der Waals surface area (Å²) in [4.78, 5) is 2.64. The number of rotatable bonds is 15. The molecule has 0 bridgehead atoms. The molecular weight excluding hydrogens is 499 g/mol. The Labute approximate surface area is 229 Å². The summed E-state index contributed by atoms with van der Waals surface area (Å²) in [5.41, 5.74) is 2.37. The summed E-state index contributed by atoms with van der Waals surface area (Å²) >= 11 is 0. The third-order valence-electron chi connectivity index (χ3n) is 6.68. The van der Waals surface area contributed by atoms with Gasteiger partial charge in [-0.3, -0.25) is 0 Å². The lowest BCUT2D eigenvalue weighted by atomic mass is 9.87. The fraction of sp³-hybridized carbons (Fsp3) is 0.571. The van der Waals surface area contributed by atoms with E-state index in [1.165, 1.54) is 36.8 Å². The number of fused-ring (bicyclic) bond motifs is 1. The van der Waals surface area contributed by atoms with E-state index in [1.54, 1.807) is 19.2 Å². The van der Waals surface area contributed by atoms with Crippen molar-refractivity contribution in [3.8, 4) is 23.0 Å². The fourth-order valence-corrected chi connectivity index (χ4v) is 4.85. The summed E-state index contributed by atoms with van der Waals surface area (Å²) in [6.45, 7) is 6.99. The SMILES string of the molecule is CCCN(CCCCCCNCCOc1ccccc1OC)[C@@H]1CCc2cc(O)c(O)cc2C1.Cl.Cl. The molecule has 0 aromatic heterocycles. The maximum absolute atomic E-state index is 9.89. The van der Waals surface area contributed by atoms with Crippen molar-refractivity contribution in [2.45, 2.75) is 64.3 Å². The van der Waals surface area contributed by atoms with Gasteiger partial charge in [0.15, 0.2) is 23.0 Å². The van der Waals surface area contributed by atoms with Gasteiger partial charge in [-0.05, 0) is 93.6 Å². The first-order valence-corrected chi connectivity index (χ1v) is 12.9. The van der Waals surface area contributed by atoms with Crippen LogP contribution in [0.5, 0.6) is 23.0 Å². The van der Waals surface area contributed by atoms with Crippen molar-refractivity contribution in [2.24, 2.45) is 0 Å². The second-order valence-electron chi connectivity index (χ2n) is 9.21. The van der Waals surface area contributed by atoms with Crippen LogP contribution < -0.4 is 14.8 Å². The van der Waals surface area contributed by atoms with Crippen LogP contribution in [0.1, 0.15) is 56.6 Å². The Morgan fingerprint density at radius 3 is 2.33 bits per heavy atom. The van der Waals surface area contributed by atoms with Gasteiger partial charge in [-0.1, -0.05) is 31.9 Å². The standard InChI is InChI=1S/C28H42N2O4.2ClH/c1-3-16-30(24-13-12-22-20-25(31)26(32)21-23(22)19-24)17-9-5-4-8-14-29-15-18-34-28-11-7-6-10-27(28)33-2;;/h6-7,10-11,20-21,24,29,31-32H,3-5,8-9,12-19H2,1-2H3;2*1H/t24-;;/m1../s1. The topological polar surface area (TPSA) is 74.2 Å². The van der Waals surface area contributed by atoms with Crippen molar-refractivity contribution in [3.05, 3.63) is 47.5 Å². The van der Waals surface area contributed by atoms with Gasteiger partial charge in [0.25, 0.3) is 0 Å². The van der Waals surface area contributed by atoms with Crippen molar-refractivity contribution < 1.29 is 19.7 Å². The Hall–Kier alpha value is -1.86. The summed E-state index contributed by atoms with van der Waals surface area (Å²) in [5, 5.41) is 23.1. The number of phenols is 2. The second-order valence-corrected chi connectivity index (χ2v) is 9.21. The van der Waals surface area contributed by atoms with Gasteiger partial charge in [0.05, 0.1) is 7.11 Å². The highest BCUT2D eigenvalue weighted by molar-refractivity contribution is 5.85. The predicted octanol–water partition coefficient (Wildman–Crippen LogP) is 5.75. The van der Waals surface area contributed by atoms with E-state index in [0.29, 0.717) is 12.6 Å². The summed E-state index contributed by atoms with van der Waals surface area (Å²) in [7, 11) is 1.66. The fourth-order valence-electron chi connectivity index (χ4n) is 4.85. The Balaban J connectivity index is 0.00000324. The second kappa shape index (κ2) is 17.6. The van der Waals surface area contributed by atoms with Gasteiger partial charge in [0.1, 0.15) is 6.61 Å². The molecular formula is C28H44Cl2N2O4. The molecule has 0 saturated carbocycles. The van der Waals surface area contributed by atoms with Gasteiger partial charge in [0, 0.05) is 12.6 Å². The largest absolute Gasteiger partial charge is 0.504 e. The lowest BCUT2D eigenvalue weighted by Crippen LogP contribution is -2.40. The van der Waals surface area contributed by atoms with Crippen LogP contribution in [0.15, 0.2) is 36.4 Å². The molecule has 3 rings (SSSR count). The number of nitrogens with zero attached hydrogens (tertiary/aromatic N) is 1. The Morgan fingerprint density at radius 1 is 0.917 bits per heavy atom. The minimum Gasteiger partial charge on any atom is -0.504 e. The van der Waals surface area contributed by atoms with Gasteiger partial charge in [-0.25, -0.2) is 0 Å². The summed E-state index contributed by atoms with van der Waals surface area (Å²) in [5.74, 6) is 1.57. The first kappa shape index (κ1) is 32.2. The number of hydrogen-bond acceptors (Lipinski definition) is 6. The van der Waals surface area contributed by atoms with Crippen LogP contribution >= 0.6 is 24.8 Å². The molecule has 204 valence electrons. The highest BCUT2D eigenvalue weighted by atomic mass is 35.5. The van der Waals surface area contributed by atoms with Crippen LogP contribution in [0.3, 0.4) is 0 Å². The molecule has 1 atom stereocenters. The van der Waals surface area contributed by atoms with E-state index < -0.39 is 0 Å². The number of phenolic OH excluding ortho intramolecular Hbond substituents is 2. The number of hydrogen-bond donors (Lipinski definition) is 3. The highest BCUT2D eigenvalue weighted by Crippen LogP contribution is 2.34. The van der Waals surface area contributed by atoms with E-state index in [-0.39, 0.29) is 36.3 Å². The zero-order chi connectivity index (χ0) is 24.2. The maximum atomic E-state index is 9.89. The maximum Gasteiger partial charge on any atom is 0.161 e. The van der Waals surface area contributed by atoms with Gasteiger partial charge < -0.3 is 29.9 Å². The van der Waals surface area contributed by atoms with Gasteiger partial charge in [0.2, 0.25) is 0 Å². The van der Waals surface area contributed by atoms with Crippen molar-refractivity contribution in [1.29, 1.82) is 0 Å². The molecule has 0 unspecified atom stereocenters. The quantitative estimate of drug-likeness (QED) is 0.196. The Morgan fingerprint density at radius 2 is 1.61 bits per heavy atom. The number of aromatic hydroxyl groups is 2. The number of para-hydroxylation sites is 2. The molecule has 0 radical (unpaired) electrons. The average Bonchev–Trinajstić information content (AvgIpc) is 2.85. The van der Waals surface area contributed by atoms with E-state index in [1.807, 2.05) is 24.3 Å². The number of halogens is 2. The molecule has 8 heteroatoms. The Kier molecular flexibility index (Phi) is 15.7. The first-order chi connectivity index (χ1) is 16.6. The van der Waals surface area contributed by atoms with E-state index in [0.717, 1.165) is 63.4 Å². The van der Waals surface area contributed by atoms with Crippen LogP contribution in [0.4, 0.5) is 0 Å². The number of methoxy groups -OCH3 is 1. The molecule has 0 saturated heterocycles. The summed E-state index contributed by atoms with van der Waals surface area (Å²) < 4.78 is 11.1. The lowest BCUT2D eigenvalue weighted by Gasteiger charge is -2.35. The number of nitrogens with one attached hydrogen (secondary N) is 1. The third-order valence-corrected chi connectivity index (χ3v) is 6.68. The highest BCUT2D eigenvalue weighted by Gasteiger charge is 2.24. The van der Waals surface area contributed by atoms with E-state index in [9.17, 15) is 10.2 Å². The lowest BCUT2D eigenvalue weighted by molar-refractivity contribution is 0.175. The number of unbranched alkanes of at least 4 members (excludes halogenated alkanes) is 3. The summed E-state index contributed by atoms with van der Waals surface area (Å²) in [6, 6.07) is 11.8. The van der Waals surface area contributed by atoms with E-state index in [2.05, 4.69) is 17.1 Å². The van der Waals surface area contributed by atoms with Gasteiger partial charge in [-0.2, -0.15) is 0 Å². The summed E-state index contributed by atoms with van der Waals surface area (Å²) in [6.07, 6.45) is 9.11. The molecule has 3 N–H and O–H groups in total. The molecule has 0 spiro atoms. The molecule has 0 fully saturated rings. The first-order valence-electron chi connectivity index (χ1n) is 12.9. The molecule has 2 aromatic carbocycles. The van der Waals surface area contributed by atoms with E-state index in [4.69, 9.17) is 9.47 Å².